The Morgan fingerprint density at radius 3 is 2.95 bits per heavy atom. The van der Waals surface area contributed by atoms with E-state index < -0.39 is 0 Å². The highest BCUT2D eigenvalue weighted by Crippen LogP contribution is 2.20. The quantitative estimate of drug-likeness (QED) is 0.818. The number of benzene rings is 1. The Kier molecular flexibility index (Phi) is 5.39. The Labute approximate surface area is 127 Å². The van der Waals surface area contributed by atoms with Gasteiger partial charge in [-0.25, -0.2) is 0 Å². The molecule has 3 N–H and O–H groups in total. The van der Waals surface area contributed by atoms with Crippen molar-refractivity contribution in [2.75, 3.05) is 39.0 Å². The zero-order chi connectivity index (χ0) is 15.2. The molecule has 1 fully saturated rings. The molecule has 0 saturated carbocycles. The van der Waals surface area contributed by atoms with E-state index in [-0.39, 0.29) is 0 Å². The van der Waals surface area contributed by atoms with Crippen molar-refractivity contribution in [1.82, 2.24) is 4.90 Å². The zero-order valence-electron chi connectivity index (χ0n) is 13.3. The van der Waals surface area contributed by atoms with Gasteiger partial charge in [-0.2, -0.15) is 0 Å². The van der Waals surface area contributed by atoms with Gasteiger partial charge < -0.3 is 16.0 Å². The van der Waals surface area contributed by atoms with Crippen LogP contribution in [0.25, 0.3) is 5.57 Å². The van der Waals surface area contributed by atoms with Gasteiger partial charge in [0.25, 0.3) is 0 Å². The lowest BCUT2D eigenvalue weighted by molar-refractivity contribution is 0.399. The molecule has 1 heterocycles. The van der Waals surface area contributed by atoms with E-state index in [9.17, 15) is 0 Å². The standard InChI is InChI=1S/C17H26N4/c1-13(18)17(11-19-2)15-5-4-6-16(9-15)20-10-14-7-8-21(3)12-14/h4-6,9,11,14,20H,7-8,10,12,18H2,1-3H3. The van der Waals surface area contributed by atoms with Gasteiger partial charge in [0.2, 0.25) is 0 Å². The summed E-state index contributed by atoms with van der Waals surface area (Å²) in [7, 11) is 3.95. The van der Waals surface area contributed by atoms with E-state index in [1.54, 1.807) is 7.05 Å². The van der Waals surface area contributed by atoms with E-state index in [0.717, 1.165) is 35.0 Å². The molecule has 0 radical (unpaired) electrons. The maximum Gasteiger partial charge on any atom is 0.0346 e. The van der Waals surface area contributed by atoms with Crippen LogP contribution in [-0.4, -0.2) is 44.8 Å². The molecular formula is C17H26N4. The highest BCUT2D eigenvalue weighted by molar-refractivity contribution is 6.10. The number of nitrogens with two attached hydrogens (primary N) is 1. The largest absolute Gasteiger partial charge is 0.402 e. The smallest absolute Gasteiger partial charge is 0.0346 e. The first-order chi connectivity index (χ1) is 10.1. The summed E-state index contributed by atoms with van der Waals surface area (Å²) in [6, 6.07) is 8.38. The molecule has 1 aromatic rings. The average molecular weight is 286 g/mol. The van der Waals surface area contributed by atoms with Crippen LogP contribution in [0, 0.1) is 5.92 Å². The highest BCUT2D eigenvalue weighted by atomic mass is 15.1. The third-order valence-corrected chi connectivity index (χ3v) is 3.94. The molecule has 0 spiro atoms. The Hall–Kier alpha value is -1.81. The maximum absolute atomic E-state index is 5.96. The summed E-state index contributed by atoms with van der Waals surface area (Å²) in [5.74, 6) is 0.738. The van der Waals surface area contributed by atoms with Crippen molar-refractivity contribution in [3.8, 4) is 0 Å². The molecular weight excluding hydrogens is 260 g/mol. The summed E-state index contributed by atoms with van der Waals surface area (Å²) in [6.45, 7) is 5.32. The first kappa shape index (κ1) is 15.6. The average Bonchev–Trinajstić information content (AvgIpc) is 2.88. The van der Waals surface area contributed by atoms with Gasteiger partial charge in [-0.1, -0.05) is 12.1 Å². The normalized spacial score (nSPS) is 20.8. The number of hydrogen-bond acceptors (Lipinski definition) is 4. The molecule has 1 aliphatic heterocycles. The van der Waals surface area contributed by atoms with Crippen molar-refractivity contribution in [3.05, 3.63) is 35.5 Å². The number of nitrogens with one attached hydrogen (secondary N) is 1. The van der Waals surface area contributed by atoms with E-state index in [1.807, 2.05) is 13.1 Å². The monoisotopic (exact) mass is 286 g/mol. The Morgan fingerprint density at radius 2 is 2.33 bits per heavy atom. The minimum Gasteiger partial charge on any atom is -0.402 e. The third-order valence-electron chi connectivity index (χ3n) is 3.94. The Balaban J connectivity index is 2.05. The lowest BCUT2D eigenvalue weighted by Gasteiger charge is -2.14. The van der Waals surface area contributed by atoms with Crippen LogP contribution in [0.4, 0.5) is 5.69 Å². The van der Waals surface area contributed by atoms with Crippen LogP contribution in [0.1, 0.15) is 18.9 Å². The molecule has 1 aliphatic rings. The minimum atomic E-state index is 0.738. The maximum atomic E-state index is 5.96. The molecule has 1 aromatic carbocycles. The van der Waals surface area contributed by atoms with E-state index in [1.165, 1.54) is 19.5 Å². The molecule has 1 atom stereocenters. The van der Waals surface area contributed by atoms with Crippen molar-refractivity contribution in [2.24, 2.45) is 16.6 Å². The summed E-state index contributed by atoms with van der Waals surface area (Å²) >= 11 is 0. The van der Waals surface area contributed by atoms with Crippen LogP contribution in [0.2, 0.25) is 0 Å². The Bertz CT molecular complexity index is 529. The van der Waals surface area contributed by atoms with Crippen LogP contribution in [0.5, 0.6) is 0 Å². The summed E-state index contributed by atoms with van der Waals surface area (Å²) in [5.41, 5.74) is 9.98. The van der Waals surface area contributed by atoms with Crippen LogP contribution in [0.3, 0.4) is 0 Å². The molecule has 0 aliphatic carbocycles. The second kappa shape index (κ2) is 7.27. The number of likely N-dealkylation sites (tertiary alicyclic amines) is 1. The van der Waals surface area contributed by atoms with Crippen LogP contribution in [-0.2, 0) is 0 Å². The molecule has 0 amide bonds. The third kappa shape index (κ3) is 4.33. The number of hydrogen-bond donors (Lipinski definition) is 2. The second-order valence-corrected chi connectivity index (χ2v) is 5.86. The topological polar surface area (TPSA) is 53.6 Å². The van der Waals surface area contributed by atoms with Gasteiger partial charge in [-0.15, -0.1) is 0 Å². The van der Waals surface area contributed by atoms with Gasteiger partial charge in [0.05, 0.1) is 0 Å². The molecule has 0 bridgehead atoms. The highest BCUT2D eigenvalue weighted by Gasteiger charge is 2.18. The number of nitrogens with zero attached hydrogens (tertiary/aromatic N) is 2. The van der Waals surface area contributed by atoms with Crippen molar-refractivity contribution in [1.29, 1.82) is 0 Å². The molecule has 4 heteroatoms. The van der Waals surface area contributed by atoms with Gasteiger partial charge >= 0.3 is 0 Å². The lowest BCUT2D eigenvalue weighted by atomic mass is 10.0. The number of aliphatic imine (C=N–C) groups is 1. The van der Waals surface area contributed by atoms with Crippen LogP contribution >= 0.6 is 0 Å². The second-order valence-electron chi connectivity index (χ2n) is 5.86. The first-order valence-electron chi connectivity index (χ1n) is 7.51. The van der Waals surface area contributed by atoms with Crippen LogP contribution < -0.4 is 11.1 Å². The predicted octanol–water partition coefficient (Wildman–Crippen LogP) is 2.44. The molecule has 1 unspecified atom stereocenters. The zero-order valence-corrected chi connectivity index (χ0v) is 13.3. The van der Waals surface area contributed by atoms with Crippen molar-refractivity contribution in [2.45, 2.75) is 13.3 Å². The minimum absolute atomic E-state index is 0.738. The van der Waals surface area contributed by atoms with Gasteiger partial charge in [-0.05, 0) is 50.6 Å². The number of anilines is 1. The van der Waals surface area contributed by atoms with Crippen molar-refractivity contribution in [3.63, 3.8) is 0 Å². The van der Waals surface area contributed by atoms with E-state index >= 15 is 0 Å². The van der Waals surface area contributed by atoms with E-state index in [2.05, 4.69) is 46.5 Å². The Morgan fingerprint density at radius 1 is 1.52 bits per heavy atom. The first-order valence-corrected chi connectivity index (χ1v) is 7.51. The molecule has 21 heavy (non-hydrogen) atoms. The predicted molar refractivity (Wildman–Crippen MR) is 91.7 cm³/mol. The molecule has 4 nitrogen and oxygen atoms in total. The summed E-state index contributed by atoms with van der Waals surface area (Å²) in [6.07, 6.45) is 3.10. The van der Waals surface area contributed by atoms with E-state index in [0.29, 0.717) is 0 Å². The fraction of sp³-hybridized carbons (Fsp3) is 0.471. The SMILES string of the molecule is CN=CC(=C(C)N)c1cccc(NCC2CCN(C)C2)c1. The molecule has 2 rings (SSSR count). The fourth-order valence-electron chi connectivity index (χ4n) is 2.78. The summed E-state index contributed by atoms with van der Waals surface area (Å²) in [5, 5.41) is 3.55. The number of allylic oxidation sites excluding steroid dienone is 2. The van der Waals surface area contributed by atoms with Gasteiger partial charge in [0.1, 0.15) is 0 Å². The fourth-order valence-corrected chi connectivity index (χ4v) is 2.78. The van der Waals surface area contributed by atoms with Crippen molar-refractivity contribution >= 4 is 17.5 Å². The summed E-state index contributed by atoms with van der Waals surface area (Å²) in [4.78, 5) is 6.48. The molecule has 0 aromatic heterocycles. The van der Waals surface area contributed by atoms with Gasteiger partial charge in [-0.3, -0.25) is 4.99 Å². The molecule has 114 valence electrons. The summed E-state index contributed by atoms with van der Waals surface area (Å²) < 4.78 is 0. The lowest BCUT2D eigenvalue weighted by Crippen LogP contribution is -2.19. The molecule has 1 saturated heterocycles. The van der Waals surface area contributed by atoms with Crippen LogP contribution in [0.15, 0.2) is 35.0 Å². The van der Waals surface area contributed by atoms with Gasteiger partial charge in [0.15, 0.2) is 0 Å². The number of rotatable bonds is 5. The van der Waals surface area contributed by atoms with Gasteiger partial charge in [0, 0.05) is 43.3 Å². The van der Waals surface area contributed by atoms with E-state index in [4.69, 9.17) is 5.73 Å². The van der Waals surface area contributed by atoms with Crippen molar-refractivity contribution < 1.29 is 0 Å².